The molecular formula is C18H17FN4O5S2. The molecule has 1 atom stereocenters. The van der Waals surface area contributed by atoms with Gasteiger partial charge in [-0.1, -0.05) is 0 Å². The Hall–Kier alpha value is -3.09. The van der Waals surface area contributed by atoms with Crippen LogP contribution in [-0.2, 0) is 19.6 Å². The molecular weight excluding hydrogens is 435 g/mol. The van der Waals surface area contributed by atoms with Gasteiger partial charge in [0, 0.05) is 17.1 Å². The highest BCUT2D eigenvalue weighted by atomic mass is 32.2. The molecule has 3 aromatic rings. The Bertz CT molecular complexity index is 1170. The molecule has 0 saturated carbocycles. The molecule has 1 amide bonds. The Kier molecular flexibility index (Phi) is 6.29. The van der Waals surface area contributed by atoms with E-state index in [2.05, 4.69) is 24.7 Å². The van der Waals surface area contributed by atoms with Crippen molar-refractivity contribution in [1.82, 2.24) is 14.7 Å². The smallest absolute Gasteiger partial charge is 0.354 e. The van der Waals surface area contributed by atoms with Crippen LogP contribution in [0.2, 0.25) is 0 Å². The van der Waals surface area contributed by atoms with E-state index in [-0.39, 0.29) is 15.7 Å². The molecule has 30 heavy (non-hydrogen) atoms. The number of rotatable bonds is 7. The van der Waals surface area contributed by atoms with Crippen molar-refractivity contribution in [1.29, 1.82) is 0 Å². The average Bonchev–Trinajstić information content (AvgIpc) is 3.36. The number of anilines is 1. The quantitative estimate of drug-likeness (QED) is 0.472. The van der Waals surface area contributed by atoms with Gasteiger partial charge in [-0.3, -0.25) is 4.79 Å². The van der Waals surface area contributed by atoms with Gasteiger partial charge in [-0.25, -0.2) is 22.6 Å². The standard InChI is InChI=1S/C18H17FN4O5S2/c1-10(23-30(26,27)13-5-3-12(19)4-6-13)16(24)22-18-21-15(9-29-18)11-7-14(20-8-11)17(25)28-2/h3-10,20,23H,1-2H3,(H,21,22,24). The molecule has 1 aromatic carbocycles. The minimum absolute atomic E-state index is 0.158. The lowest BCUT2D eigenvalue weighted by molar-refractivity contribution is -0.117. The summed E-state index contributed by atoms with van der Waals surface area (Å²) in [6, 6.07) is 4.70. The Labute approximate surface area is 175 Å². The summed E-state index contributed by atoms with van der Waals surface area (Å²) < 4.78 is 44.5. The Balaban J connectivity index is 1.65. The van der Waals surface area contributed by atoms with Crippen LogP contribution in [0.5, 0.6) is 0 Å². The molecule has 158 valence electrons. The van der Waals surface area contributed by atoms with Gasteiger partial charge in [-0.15, -0.1) is 11.3 Å². The lowest BCUT2D eigenvalue weighted by Gasteiger charge is -2.13. The number of hydrogen-bond donors (Lipinski definition) is 3. The zero-order valence-electron chi connectivity index (χ0n) is 15.8. The number of nitrogens with zero attached hydrogens (tertiary/aromatic N) is 1. The van der Waals surface area contributed by atoms with Crippen molar-refractivity contribution >= 4 is 38.4 Å². The highest BCUT2D eigenvalue weighted by molar-refractivity contribution is 7.89. The molecule has 9 nitrogen and oxygen atoms in total. The fourth-order valence-corrected chi connectivity index (χ4v) is 4.34. The molecule has 1 unspecified atom stereocenters. The van der Waals surface area contributed by atoms with E-state index < -0.39 is 33.8 Å². The fourth-order valence-electron chi connectivity index (χ4n) is 2.42. The number of amides is 1. The normalized spacial score (nSPS) is 12.4. The number of ether oxygens (including phenoxy) is 1. The Morgan fingerprint density at radius 3 is 2.63 bits per heavy atom. The predicted octanol–water partition coefficient (Wildman–Crippen LogP) is 2.37. The van der Waals surface area contributed by atoms with Crippen molar-refractivity contribution in [3.8, 4) is 11.3 Å². The van der Waals surface area contributed by atoms with E-state index in [0.29, 0.717) is 11.3 Å². The fraction of sp³-hybridized carbons (Fsp3) is 0.167. The molecule has 12 heteroatoms. The van der Waals surface area contributed by atoms with Gasteiger partial charge in [0.1, 0.15) is 11.5 Å². The van der Waals surface area contributed by atoms with E-state index in [1.54, 1.807) is 17.6 Å². The number of aromatic amines is 1. The van der Waals surface area contributed by atoms with Crippen LogP contribution in [0.3, 0.4) is 0 Å². The number of hydrogen-bond acceptors (Lipinski definition) is 7. The number of benzene rings is 1. The molecule has 0 saturated heterocycles. The summed E-state index contributed by atoms with van der Waals surface area (Å²) in [5.41, 5.74) is 1.40. The summed E-state index contributed by atoms with van der Waals surface area (Å²) in [6.45, 7) is 1.37. The molecule has 2 heterocycles. The van der Waals surface area contributed by atoms with Gasteiger partial charge in [-0.05, 0) is 37.3 Å². The van der Waals surface area contributed by atoms with Gasteiger partial charge in [0.25, 0.3) is 0 Å². The summed E-state index contributed by atoms with van der Waals surface area (Å²) in [4.78, 5) is 30.7. The van der Waals surface area contributed by atoms with Gasteiger partial charge in [0.15, 0.2) is 5.13 Å². The van der Waals surface area contributed by atoms with Crippen LogP contribution >= 0.6 is 11.3 Å². The summed E-state index contributed by atoms with van der Waals surface area (Å²) in [6.07, 6.45) is 1.58. The number of carbonyl (C=O) groups is 2. The van der Waals surface area contributed by atoms with Crippen LogP contribution in [0.4, 0.5) is 9.52 Å². The van der Waals surface area contributed by atoms with Crippen LogP contribution in [0.25, 0.3) is 11.3 Å². The number of carbonyl (C=O) groups excluding carboxylic acids is 2. The SMILES string of the molecule is COC(=O)c1cc(-c2csc(NC(=O)C(C)NS(=O)(=O)c3ccc(F)cc3)n2)c[nH]1. The molecule has 0 aliphatic heterocycles. The van der Waals surface area contributed by atoms with E-state index in [4.69, 9.17) is 0 Å². The summed E-state index contributed by atoms with van der Waals surface area (Å²) >= 11 is 1.14. The van der Waals surface area contributed by atoms with Crippen molar-refractivity contribution in [3.63, 3.8) is 0 Å². The van der Waals surface area contributed by atoms with Gasteiger partial charge in [-0.2, -0.15) is 4.72 Å². The lowest BCUT2D eigenvalue weighted by Crippen LogP contribution is -2.41. The van der Waals surface area contributed by atoms with E-state index in [1.807, 2.05) is 0 Å². The predicted molar refractivity (Wildman–Crippen MR) is 108 cm³/mol. The second-order valence-electron chi connectivity index (χ2n) is 6.12. The molecule has 2 aromatic heterocycles. The number of methoxy groups -OCH3 is 1. The minimum Gasteiger partial charge on any atom is -0.464 e. The molecule has 3 rings (SSSR count). The second-order valence-corrected chi connectivity index (χ2v) is 8.69. The van der Waals surface area contributed by atoms with Gasteiger partial charge in [0.2, 0.25) is 15.9 Å². The molecule has 0 bridgehead atoms. The van der Waals surface area contributed by atoms with Crippen molar-refractivity contribution in [2.24, 2.45) is 0 Å². The number of aromatic nitrogens is 2. The third kappa shape index (κ3) is 4.90. The number of thiazole rings is 1. The van der Waals surface area contributed by atoms with Gasteiger partial charge < -0.3 is 15.0 Å². The third-order valence-electron chi connectivity index (χ3n) is 3.97. The van der Waals surface area contributed by atoms with Crippen molar-refractivity contribution in [2.45, 2.75) is 17.9 Å². The highest BCUT2D eigenvalue weighted by Gasteiger charge is 2.23. The molecule has 0 fully saturated rings. The average molecular weight is 452 g/mol. The topological polar surface area (TPSA) is 130 Å². The minimum atomic E-state index is -4.00. The number of halogens is 1. The molecule has 3 N–H and O–H groups in total. The van der Waals surface area contributed by atoms with Crippen LogP contribution in [0.15, 0.2) is 46.8 Å². The van der Waals surface area contributed by atoms with Crippen LogP contribution in [0, 0.1) is 5.82 Å². The Morgan fingerprint density at radius 1 is 1.27 bits per heavy atom. The Morgan fingerprint density at radius 2 is 1.97 bits per heavy atom. The number of H-pyrrole nitrogens is 1. The zero-order valence-corrected chi connectivity index (χ0v) is 17.4. The first kappa shape index (κ1) is 21.6. The van der Waals surface area contributed by atoms with E-state index in [9.17, 15) is 22.4 Å². The zero-order chi connectivity index (χ0) is 21.9. The monoisotopic (exact) mass is 452 g/mol. The highest BCUT2D eigenvalue weighted by Crippen LogP contribution is 2.25. The second kappa shape index (κ2) is 8.73. The van der Waals surface area contributed by atoms with E-state index in [0.717, 1.165) is 35.6 Å². The number of sulfonamides is 1. The summed E-state index contributed by atoms with van der Waals surface area (Å²) in [5, 5.41) is 4.46. The number of esters is 1. The van der Waals surface area contributed by atoms with Crippen LogP contribution in [0.1, 0.15) is 17.4 Å². The molecule has 0 aliphatic rings. The van der Waals surface area contributed by atoms with Crippen molar-refractivity contribution in [2.75, 3.05) is 12.4 Å². The van der Waals surface area contributed by atoms with Crippen molar-refractivity contribution < 1.29 is 27.1 Å². The van der Waals surface area contributed by atoms with Gasteiger partial charge in [0.05, 0.1) is 23.7 Å². The third-order valence-corrected chi connectivity index (χ3v) is 6.28. The maximum atomic E-state index is 13.0. The summed E-state index contributed by atoms with van der Waals surface area (Å²) in [7, 11) is -2.73. The lowest BCUT2D eigenvalue weighted by atomic mass is 10.2. The molecule has 0 radical (unpaired) electrons. The molecule has 0 aliphatic carbocycles. The van der Waals surface area contributed by atoms with Crippen molar-refractivity contribution in [3.05, 3.63) is 53.4 Å². The number of nitrogens with one attached hydrogen (secondary N) is 3. The first-order valence-corrected chi connectivity index (χ1v) is 10.9. The molecule has 0 spiro atoms. The van der Waals surface area contributed by atoms with E-state index >= 15 is 0 Å². The summed E-state index contributed by atoms with van der Waals surface area (Å²) in [5.74, 6) is -1.71. The van der Waals surface area contributed by atoms with Gasteiger partial charge >= 0.3 is 5.97 Å². The van der Waals surface area contributed by atoms with Crippen LogP contribution in [-0.4, -0.2) is 43.4 Å². The largest absolute Gasteiger partial charge is 0.464 e. The van der Waals surface area contributed by atoms with Crippen LogP contribution < -0.4 is 10.0 Å². The maximum Gasteiger partial charge on any atom is 0.354 e. The first-order chi connectivity index (χ1) is 14.2. The first-order valence-electron chi connectivity index (χ1n) is 8.51. The van der Waals surface area contributed by atoms with E-state index in [1.165, 1.54) is 14.0 Å². The maximum absolute atomic E-state index is 13.0.